The van der Waals surface area contributed by atoms with Gasteiger partial charge in [0.15, 0.2) is 12.2 Å². The number of fused-ring (bicyclic) bond motifs is 1. The van der Waals surface area contributed by atoms with Gasteiger partial charge in [-0.05, 0) is 17.7 Å². The van der Waals surface area contributed by atoms with Crippen LogP contribution in [0.4, 0.5) is 4.79 Å². The number of hydrogen-bond acceptors (Lipinski definition) is 6. The molecule has 1 unspecified atom stereocenters. The van der Waals surface area contributed by atoms with Crippen molar-refractivity contribution in [1.82, 2.24) is 15.4 Å². The fourth-order valence-corrected chi connectivity index (χ4v) is 3.12. The Morgan fingerprint density at radius 2 is 1.86 bits per heavy atom. The van der Waals surface area contributed by atoms with Gasteiger partial charge in [0.1, 0.15) is 5.69 Å². The molecule has 1 aliphatic heterocycles. The first kappa shape index (κ1) is 17.7. The number of nitrogens with one attached hydrogen (secondary N) is 1. The lowest BCUT2D eigenvalue weighted by molar-refractivity contribution is -0.127. The van der Waals surface area contributed by atoms with Crippen LogP contribution < -0.4 is 5.32 Å². The van der Waals surface area contributed by atoms with Gasteiger partial charge in [-0.15, -0.1) is 0 Å². The highest BCUT2D eigenvalue weighted by Crippen LogP contribution is 2.20. The molecular formula is C20H17N3O5. The number of para-hydroxylation sites is 1. The van der Waals surface area contributed by atoms with Crippen LogP contribution in [-0.4, -0.2) is 41.1 Å². The monoisotopic (exact) mass is 379 g/mol. The van der Waals surface area contributed by atoms with Crippen LogP contribution in [0.1, 0.15) is 17.3 Å². The zero-order valence-electron chi connectivity index (χ0n) is 14.8. The highest BCUT2D eigenvalue weighted by atomic mass is 16.6. The van der Waals surface area contributed by atoms with Crippen molar-refractivity contribution in [1.29, 1.82) is 0 Å². The Labute approximate surface area is 160 Å². The number of nitrogens with zero attached hydrogens (tertiary/aromatic N) is 2. The molecule has 1 atom stereocenters. The molecule has 2 heterocycles. The Morgan fingerprint density at radius 1 is 1.11 bits per heavy atom. The predicted molar refractivity (Wildman–Crippen MR) is 98.1 cm³/mol. The molecule has 1 fully saturated rings. The Balaban J connectivity index is 1.52. The molecule has 8 nitrogen and oxygen atoms in total. The second-order valence-electron chi connectivity index (χ2n) is 6.39. The smallest absolute Gasteiger partial charge is 0.417 e. The van der Waals surface area contributed by atoms with E-state index in [0.29, 0.717) is 11.3 Å². The summed E-state index contributed by atoms with van der Waals surface area (Å²) in [5.74, 6) is -0.726. The van der Waals surface area contributed by atoms with Crippen LogP contribution in [0.2, 0.25) is 0 Å². The number of rotatable bonds is 6. The topological polar surface area (TPSA) is 102 Å². The van der Waals surface area contributed by atoms with E-state index in [0.717, 1.165) is 15.8 Å². The van der Waals surface area contributed by atoms with Crippen molar-refractivity contribution in [2.45, 2.75) is 12.5 Å². The molecule has 1 saturated heterocycles. The minimum Gasteiger partial charge on any atom is -0.439 e. The molecule has 142 valence electrons. The minimum atomic E-state index is -0.706. The number of carbonyl (C=O) groups is 3. The molecule has 1 N–H and O–H groups in total. The Morgan fingerprint density at radius 3 is 2.61 bits per heavy atom. The van der Waals surface area contributed by atoms with Crippen molar-refractivity contribution in [2.24, 2.45) is 0 Å². The summed E-state index contributed by atoms with van der Waals surface area (Å²) in [4.78, 5) is 37.3. The van der Waals surface area contributed by atoms with E-state index >= 15 is 0 Å². The van der Waals surface area contributed by atoms with Crippen molar-refractivity contribution in [3.8, 4) is 0 Å². The molecule has 2 aromatic carbocycles. The molecule has 0 bridgehead atoms. The largest absolute Gasteiger partial charge is 0.439 e. The molecule has 3 aromatic rings. The lowest BCUT2D eigenvalue weighted by atomic mass is 10.1. The number of aromatic nitrogens is 1. The summed E-state index contributed by atoms with van der Waals surface area (Å²) >= 11 is 0. The van der Waals surface area contributed by atoms with Crippen LogP contribution in [0.15, 0.2) is 59.1 Å². The molecule has 3 amide bonds. The first-order valence-corrected chi connectivity index (χ1v) is 8.76. The minimum absolute atomic E-state index is 0.00696. The summed E-state index contributed by atoms with van der Waals surface area (Å²) in [5, 5.41) is 7.62. The average molecular weight is 379 g/mol. The van der Waals surface area contributed by atoms with Gasteiger partial charge >= 0.3 is 6.09 Å². The van der Waals surface area contributed by atoms with Gasteiger partial charge in [-0.3, -0.25) is 9.59 Å². The zero-order chi connectivity index (χ0) is 19.5. The molecule has 0 radical (unpaired) electrons. The molecule has 8 heteroatoms. The Bertz CT molecular complexity index is 1010. The predicted octanol–water partition coefficient (Wildman–Crippen LogP) is 2.21. The molecule has 0 aliphatic carbocycles. The Hall–Kier alpha value is -3.68. The van der Waals surface area contributed by atoms with Crippen molar-refractivity contribution < 1.29 is 23.6 Å². The maximum Gasteiger partial charge on any atom is 0.417 e. The first-order valence-electron chi connectivity index (χ1n) is 8.76. The van der Waals surface area contributed by atoms with Gasteiger partial charge in [-0.2, -0.15) is 0 Å². The van der Waals surface area contributed by atoms with E-state index in [1.54, 1.807) is 6.07 Å². The van der Waals surface area contributed by atoms with E-state index in [1.807, 2.05) is 48.5 Å². The third kappa shape index (κ3) is 3.57. The first-order chi connectivity index (χ1) is 13.6. The summed E-state index contributed by atoms with van der Waals surface area (Å²) in [6.45, 7) is -0.286. The highest BCUT2D eigenvalue weighted by Gasteiger charge is 2.33. The highest BCUT2D eigenvalue weighted by molar-refractivity contribution is 5.98. The van der Waals surface area contributed by atoms with E-state index in [-0.39, 0.29) is 25.5 Å². The standard InChI is InChI=1S/C20H17N3O5/c24-18(10-15-14-8-4-5-9-17(14)28-22-15)21-16(13-6-2-1-3-7-13)11-23-19(25)12-27-20(23)26/h1-9,16H,10-12H2,(H,21,24). The molecule has 1 aromatic heterocycles. The maximum atomic E-state index is 12.7. The van der Waals surface area contributed by atoms with Crippen LogP contribution in [0.25, 0.3) is 11.0 Å². The number of cyclic esters (lactones) is 1. The van der Waals surface area contributed by atoms with E-state index in [4.69, 9.17) is 9.26 Å². The number of carbonyl (C=O) groups excluding carboxylic acids is 3. The van der Waals surface area contributed by atoms with Gasteiger partial charge in [-0.25, -0.2) is 9.69 Å². The van der Waals surface area contributed by atoms with Crippen LogP contribution in [0, 0.1) is 0 Å². The summed E-state index contributed by atoms with van der Waals surface area (Å²) in [5.41, 5.74) is 1.90. The van der Waals surface area contributed by atoms with Crippen LogP contribution >= 0.6 is 0 Å². The SMILES string of the molecule is O=C(Cc1noc2ccccc12)NC(CN1C(=O)COC1=O)c1ccccc1. The molecular weight excluding hydrogens is 362 g/mol. The van der Waals surface area contributed by atoms with Gasteiger partial charge in [0.2, 0.25) is 5.91 Å². The van der Waals surface area contributed by atoms with Crippen molar-refractivity contribution in [3.63, 3.8) is 0 Å². The Kier molecular flexibility index (Phi) is 4.76. The van der Waals surface area contributed by atoms with Crippen LogP contribution in [0.5, 0.6) is 0 Å². The van der Waals surface area contributed by atoms with E-state index < -0.39 is 18.0 Å². The van der Waals surface area contributed by atoms with E-state index in [2.05, 4.69) is 10.5 Å². The molecule has 0 saturated carbocycles. The van der Waals surface area contributed by atoms with Gasteiger partial charge in [0, 0.05) is 5.39 Å². The van der Waals surface area contributed by atoms with Gasteiger partial charge < -0.3 is 14.6 Å². The second kappa shape index (κ2) is 7.51. The van der Waals surface area contributed by atoms with Crippen molar-refractivity contribution in [2.75, 3.05) is 13.2 Å². The molecule has 1 aliphatic rings. The summed E-state index contributed by atoms with van der Waals surface area (Å²) in [6.07, 6.45) is -0.693. The maximum absolute atomic E-state index is 12.7. The molecule has 0 spiro atoms. The van der Waals surface area contributed by atoms with Gasteiger partial charge in [-0.1, -0.05) is 47.6 Å². The van der Waals surface area contributed by atoms with E-state index in [1.165, 1.54) is 0 Å². The van der Waals surface area contributed by atoms with Crippen molar-refractivity contribution >= 4 is 28.9 Å². The number of ether oxygens (including phenoxy) is 1. The van der Waals surface area contributed by atoms with E-state index in [9.17, 15) is 14.4 Å². The zero-order valence-corrected chi connectivity index (χ0v) is 14.8. The fourth-order valence-electron chi connectivity index (χ4n) is 3.12. The number of hydrogen-bond donors (Lipinski definition) is 1. The van der Waals surface area contributed by atoms with Gasteiger partial charge in [0.25, 0.3) is 5.91 Å². The number of amides is 3. The molecule has 28 heavy (non-hydrogen) atoms. The van der Waals surface area contributed by atoms with Crippen molar-refractivity contribution in [3.05, 3.63) is 65.9 Å². The average Bonchev–Trinajstić information content (AvgIpc) is 3.26. The second-order valence-corrected chi connectivity index (χ2v) is 6.39. The van der Waals surface area contributed by atoms with Crippen LogP contribution in [0.3, 0.4) is 0 Å². The third-order valence-electron chi connectivity index (χ3n) is 4.52. The lowest BCUT2D eigenvalue weighted by Gasteiger charge is -2.22. The number of benzene rings is 2. The quantitative estimate of drug-likeness (QED) is 0.705. The number of imide groups is 1. The summed E-state index contributed by atoms with van der Waals surface area (Å²) < 4.78 is 9.99. The summed E-state index contributed by atoms with van der Waals surface area (Å²) in [6, 6.07) is 15.9. The van der Waals surface area contributed by atoms with Gasteiger partial charge in [0.05, 0.1) is 19.0 Å². The molecule has 4 rings (SSSR count). The van der Waals surface area contributed by atoms with Crippen LogP contribution in [-0.2, 0) is 20.7 Å². The fraction of sp³-hybridized carbons (Fsp3) is 0.200. The lowest BCUT2D eigenvalue weighted by Crippen LogP contribution is -2.40. The third-order valence-corrected chi connectivity index (χ3v) is 4.52. The summed E-state index contributed by atoms with van der Waals surface area (Å²) in [7, 11) is 0. The normalized spacial score (nSPS) is 14.9.